The molecule has 1 aliphatic rings. The first-order chi connectivity index (χ1) is 10.3. The fourth-order valence-corrected chi connectivity index (χ4v) is 3.32. The highest BCUT2D eigenvalue weighted by Crippen LogP contribution is 2.33. The quantitative estimate of drug-likeness (QED) is 0.641. The molecule has 0 saturated heterocycles. The number of aromatic nitrogens is 1. The van der Waals surface area contributed by atoms with Crippen LogP contribution in [0.25, 0.3) is 10.9 Å². The van der Waals surface area contributed by atoms with Crippen molar-refractivity contribution >= 4 is 23.2 Å². The van der Waals surface area contributed by atoms with Crippen molar-refractivity contribution in [3.8, 4) is 0 Å². The maximum Gasteiger partial charge on any atom is 0.337 e. The van der Waals surface area contributed by atoms with Crippen LogP contribution in [-0.4, -0.2) is 23.9 Å². The smallest absolute Gasteiger partial charge is 0.337 e. The zero-order chi connectivity index (χ0) is 14.8. The molecule has 1 aliphatic carbocycles. The van der Waals surface area contributed by atoms with Crippen LogP contribution in [-0.2, 0) is 28.9 Å². The first-order valence-corrected chi connectivity index (χ1v) is 7.42. The van der Waals surface area contributed by atoms with Crippen LogP contribution in [0.4, 0.5) is 0 Å². The van der Waals surface area contributed by atoms with E-state index < -0.39 is 0 Å². The third kappa shape index (κ3) is 2.35. The van der Waals surface area contributed by atoms with Gasteiger partial charge in [0, 0.05) is 29.6 Å². The molecule has 4 heteroatoms. The van der Waals surface area contributed by atoms with Crippen molar-refractivity contribution in [2.24, 2.45) is 0 Å². The molecular formula is C17H19NO3. The number of rotatable bonds is 4. The average molecular weight is 285 g/mol. The molecule has 1 aromatic carbocycles. The van der Waals surface area contributed by atoms with E-state index in [2.05, 4.69) is 4.57 Å². The molecule has 0 fully saturated rings. The Balaban J connectivity index is 2.17. The van der Waals surface area contributed by atoms with Gasteiger partial charge >= 0.3 is 5.97 Å². The molecule has 1 heterocycles. The number of aryl methyl sites for hydroxylation is 2. The first-order valence-electron chi connectivity index (χ1n) is 7.42. The molecule has 0 N–H and O–H groups in total. The summed E-state index contributed by atoms with van der Waals surface area (Å²) in [5, 5.41) is 1.14. The van der Waals surface area contributed by atoms with E-state index in [1.165, 1.54) is 31.2 Å². The molecule has 0 bridgehead atoms. The number of carbonyl (C=O) groups is 2. The molecule has 0 saturated carbocycles. The number of fused-ring (bicyclic) bond motifs is 3. The third-order valence-electron chi connectivity index (χ3n) is 4.27. The lowest BCUT2D eigenvalue weighted by Crippen LogP contribution is -2.08. The van der Waals surface area contributed by atoms with Gasteiger partial charge in [-0.3, -0.25) is 0 Å². The Hall–Kier alpha value is -2.10. The van der Waals surface area contributed by atoms with E-state index in [0.29, 0.717) is 18.5 Å². The van der Waals surface area contributed by atoms with Gasteiger partial charge in [0.15, 0.2) is 0 Å². The van der Waals surface area contributed by atoms with Crippen molar-refractivity contribution in [2.75, 3.05) is 7.11 Å². The zero-order valence-corrected chi connectivity index (χ0v) is 12.2. The second-order valence-electron chi connectivity index (χ2n) is 5.46. The van der Waals surface area contributed by atoms with Crippen LogP contribution in [0.3, 0.4) is 0 Å². The van der Waals surface area contributed by atoms with E-state index in [1.54, 1.807) is 6.07 Å². The highest BCUT2D eigenvalue weighted by atomic mass is 16.5. The van der Waals surface area contributed by atoms with Crippen LogP contribution >= 0.6 is 0 Å². The van der Waals surface area contributed by atoms with Gasteiger partial charge in [-0.2, -0.15) is 0 Å². The van der Waals surface area contributed by atoms with Crippen molar-refractivity contribution in [1.29, 1.82) is 0 Å². The van der Waals surface area contributed by atoms with Gasteiger partial charge in [0.05, 0.1) is 12.7 Å². The monoisotopic (exact) mass is 285 g/mol. The van der Waals surface area contributed by atoms with Gasteiger partial charge in [0.25, 0.3) is 0 Å². The molecule has 2 aromatic rings. The largest absolute Gasteiger partial charge is 0.465 e. The minimum Gasteiger partial charge on any atom is -0.465 e. The predicted molar refractivity (Wildman–Crippen MR) is 80.6 cm³/mol. The molecule has 1 aromatic heterocycles. The summed E-state index contributed by atoms with van der Waals surface area (Å²) in [5.74, 6) is -0.304. The lowest BCUT2D eigenvalue weighted by molar-refractivity contribution is -0.108. The molecule has 0 aliphatic heterocycles. The fraction of sp³-hybridized carbons (Fsp3) is 0.412. The summed E-state index contributed by atoms with van der Waals surface area (Å²) in [5.41, 5.74) is 4.38. The average Bonchev–Trinajstić information content (AvgIpc) is 2.85. The van der Waals surface area contributed by atoms with Crippen LogP contribution in [0.1, 0.15) is 40.9 Å². The molecule has 0 spiro atoms. The Morgan fingerprint density at radius 3 is 2.90 bits per heavy atom. The number of aldehydes is 1. The summed E-state index contributed by atoms with van der Waals surface area (Å²) in [4.78, 5) is 22.4. The van der Waals surface area contributed by atoms with E-state index in [1.807, 2.05) is 12.1 Å². The standard InChI is InChI=1S/C17H19NO3/c1-21-17(20)12-7-8-16-14(11-12)13-5-2-3-6-15(13)18(16)9-4-10-19/h7-8,10-11H,2-6,9H2,1H3. The van der Waals surface area contributed by atoms with Gasteiger partial charge in [0.2, 0.25) is 0 Å². The van der Waals surface area contributed by atoms with Crippen LogP contribution < -0.4 is 0 Å². The minimum absolute atomic E-state index is 0.304. The van der Waals surface area contributed by atoms with Crippen LogP contribution in [0, 0.1) is 0 Å². The second-order valence-corrected chi connectivity index (χ2v) is 5.46. The van der Waals surface area contributed by atoms with Gasteiger partial charge in [-0.15, -0.1) is 0 Å². The lowest BCUT2D eigenvalue weighted by Gasteiger charge is -2.15. The maximum atomic E-state index is 11.7. The molecule has 0 amide bonds. The number of nitrogens with zero attached hydrogens (tertiary/aromatic N) is 1. The van der Waals surface area contributed by atoms with Gasteiger partial charge in [-0.25, -0.2) is 4.79 Å². The highest BCUT2D eigenvalue weighted by Gasteiger charge is 2.20. The summed E-state index contributed by atoms with van der Waals surface area (Å²) in [7, 11) is 1.40. The molecule has 110 valence electrons. The third-order valence-corrected chi connectivity index (χ3v) is 4.27. The number of hydrogen-bond donors (Lipinski definition) is 0. The van der Waals surface area contributed by atoms with E-state index >= 15 is 0 Å². The van der Waals surface area contributed by atoms with Crippen molar-refractivity contribution in [3.05, 3.63) is 35.0 Å². The number of esters is 1. The van der Waals surface area contributed by atoms with E-state index in [0.717, 1.165) is 30.0 Å². The number of benzene rings is 1. The van der Waals surface area contributed by atoms with Gasteiger partial charge in [-0.1, -0.05) is 0 Å². The fourth-order valence-electron chi connectivity index (χ4n) is 3.32. The number of methoxy groups -OCH3 is 1. The van der Waals surface area contributed by atoms with E-state index in [4.69, 9.17) is 4.74 Å². The second kappa shape index (κ2) is 5.72. The number of carbonyl (C=O) groups excluding carboxylic acids is 2. The normalized spacial score (nSPS) is 14.0. The highest BCUT2D eigenvalue weighted by molar-refractivity contribution is 5.96. The number of hydrogen-bond acceptors (Lipinski definition) is 3. The minimum atomic E-state index is -0.304. The molecule has 0 radical (unpaired) electrons. The van der Waals surface area contributed by atoms with Crippen molar-refractivity contribution < 1.29 is 14.3 Å². The Morgan fingerprint density at radius 2 is 2.14 bits per heavy atom. The molecule has 21 heavy (non-hydrogen) atoms. The van der Waals surface area contributed by atoms with Gasteiger partial charge < -0.3 is 14.1 Å². The van der Waals surface area contributed by atoms with Crippen LogP contribution in [0.2, 0.25) is 0 Å². The Morgan fingerprint density at radius 1 is 1.33 bits per heavy atom. The summed E-state index contributed by atoms with van der Waals surface area (Å²) < 4.78 is 7.06. The Kier molecular flexibility index (Phi) is 3.78. The summed E-state index contributed by atoms with van der Waals surface area (Å²) in [6, 6.07) is 5.71. The van der Waals surface area contributed by atoms with Crippen molar-refractivity contribution in [2.45, 2.75) is 38.6 Å². The topological polar surface area (TPSA) is 48.3 Å². The molecule has 4 nitrogen and oxygen atoms in total. The molecule has 0 atom stereocenters. The predicted octanol–water partition coefficient (Wildman–Crippen LogP) is 2.90. The summed E-state index contributed by atoms with van der Waals surface area (Å²) >= 11 is 0. The molecule has 0 unspecified atom stereocenters. The molecular weight excluding hydrogens is 266 g/mol. The summed E-state index contributed by atoms with van der Waals surface area (Å²) in [6.45, 7) is 0.715. The van der Waals surface area contributed by atoms with E-state index in [9.17, 15) is 9.59 Å². The number of ether oxygens (including phenoxy) is 1. The molecule has 3 rings (SSSR count). The SMILES string of the molecule is COC(=O)c1ccc2c(c1)c1c(n2CCC=O)CCCC1. The lowest BCUT2D eigenvalue weighted by atomic mass is 9.95. The maximum absolute atomic E-state index is 11.7. The van der Waals surface area contributed by atoms with Crippen LogP contribution in [0.15, 0.2) is 18.2 Å². The first kappa shape index (κ1) is 13.9. The van der Waals surface area contributed by atoms with Crippen LogP contribution in [0.5, 0.6) is 0 Å². The van der Waals surface area contributed by atoms with Gasteiger partial charge in [0.1, 0.15) is 6.29 Å². The van der Waals surface area contributed by atoms with E-state index in [-0.39, 0.29) is 5.97 Å². The Bertz CT molecular complexity index is 700. The van der Waals surface area contributed by atoms with Crippen molar-refractivity contribution in [3.63, 3.8) is 0 Å². The van der Waals surface area contributed by atoms with Crippen molar-refractivity contribution in [1.82, 2.24) is 4.57 Å². The summed E-state index contributed by atoms with van der Waals surface area (Å²) in [6.07, 6.45) is 5.95. The zero-order valence-electron chi connectivity index (χ0n) is 12.2. The van der Waals surface area contributed by atoms with Gasteiger partial charge in [-0.05, 0) is 49.4 Å². The Labute approximate surface area is 123 Å².